The predicted octanol–water partition coefficient (Wildman–Crippen LogP) is 4.53. The summed E-state index contributed by atoms with van der Waals surface area (Å²) in [6, 6.07) is 10.5. The van der Waals surface area contributed by atoms with Crippen LogP contribution in [-0.2, 0) is 4.79 Å². The van der Waals surface area contributed by atoms with E-state index in [9.17, 15) is 13.6 Å². The van der Waals surface area contributed by atoms with Gasteiger partial charge in [0.15, 0.2) is 17.7 Å². The van der Waals surface area contributed by atoms with Crippen LogP contribution in [0.3, 0.4) is 0 Å². The molecule has 0 fully saturated rings. The smallest absolute Gasteiger partial charge is 0.277 e. The molecule has 0 aliphatic heterocycles. The van der Waals surface area contributed by atoms with Crippen LogP contribution >= 0.6 is 11.8 Å². The molecule has 1 heterocycles. The first-order valence-electron chi connectivity index (χ1n) is 8.36. The second kappa shape index (κ2) is 8.83. The Bertz CT molecular complexity index is 981. The molecule has 0 unspecified atom stereocenters. The molecule has 1 amide bonds. The van der Waals surface area contributed by atoms with Gasteiger partial charge in [-0.1, -0.05) is 30.0 Å². The van der Waals surface area contributed by atoms with Crippen molar-refractivity contribution in [1.82, 2.24) is 10.2 Å². The Balaban J connectivity index is 1.53. The lowest BCUT2D eigenvalue weighted by atomic mass is 10.2. The third kappa shape index (κ3) is 5.07. The SMILES string of the molecule is Cc1ccc(NC(=O)CSc2nnc([C@H](C)Oc3ccccc3F)o2)cc1F. The second-order valence-corrected chi connectivity index (χ2v) is 6.82. The van der Waals surface area contributed by atoms with Gasteiger partial charge in [-0.25, -0.2) is 8.78 Å². The van der Waals surface area contributed by atoms with Gasteiger partial charge in [-0.3, -0.25) is 4.79 Å². The van der Waals surface area contributed by atoms with Crippen molar-refractivity contribution in [3.63, 3.8) is 0 Å². The van der Waals surface area contributed by atoms with E-state index in [1.54, 1.807) is 38.1 Å². The van der Waals surface area contributed by atoms with E-state index in [1.807, 2.05) is 0 Å². The number of aryl methyl sites for hydroxylation is 1. The molecule has 0 aliphatic rings. The van der Waals surface area contributed by atoms with Crippen LogP contribution in [0.15, 0.2) is 52.1 Å². The van der Waals surface area contributed by atoms with Gasteiger partial charge in [0.1, 0.15) is 5.82 Å². The number of thioether (sulfide) groups is 1. The molecule has 3 aromatic rings. The van der Waals surface area contributed by atoms with Crippen molar-refractivity contribution < 1.29 is 22.7 Å². The van der Waals surface area contributed by atoms with E-state index in [4.69, 9.17) is 9.15 Å². The second-order valence-electron chi connectivity index (χ2n) is 5.90. The number of rotatable bonds is 7. The van der Waals surface area contributed by atoms with Gasteiger partial charge in [0.05, 0.1) is 5.75 Å². The topological polar surface area (TPSA) is 77.2 Å². The lowest BCUT2D eigenvalue weighted by Gasteiger charge is -2.11. The highest BCUT2D eigenvalue weighted by Gasteiger charge is 2.18. The van der Waals surface area contributed by atoms with Gasteiger partial charge in [-0.05, 0) is 43.7 Å². The molecule has 1 aromatic heterocycles. The number of carbonyl (C=O) groups is 1. The number of benzene rings is 2. The minimum absolute atomic E-state index is 0.000317. The van der Waals surface area contributed by atoms with Crippen molar-refractivity contribution in [2.45, 2.75) is 25.2 Å². The Morgan fingerprint density at radius 3 is 2.75 bits per heavy atom. The normalized spacial score (nSPS) is 11.9. The summed E-state index contributed by atoms with van der Waals surface area (Å²) < 4.78 is 38.1. The Hall–Kier alpha value is -2.94. The first-order valence-corrected chi connectivity index (χ1v) is 9.34. The van der Waals surface area contributed by atoms with Crippen molar-refractivity contribution in [2.75, 3.05) is 11.1 Å². The number of amides is 1. The van der Waals surface area contributed by atoms with Gasteiger partial charge < -0.3 is 14.5 Å². The highest BCUT2D eigenvalue weighted by molar-refractivity contribution is 7.99. The molecular formula is C19H17F2N3O3S. The number of ether oxygens (including phenoxy) is 1. The number of hydrogen-bond donors (Lipinski definition) is 1. The summed E-state index contributed by atoms with van der Waals surface area (Å²) in [4.78, 5) is 12.0. The summed E-state index contributed by atoms with van der Waals surface area (Å²) in [6.07, 6.45) is -0.664. The minimum atomic E-state index is -0.664. The van der Waals surface area contributed by atoms with Crippen molar-refractivity contribution in [1.29, 1.82) is 0 Å². The molecule has 3 rings (SSSR count). The van der Waals surface area contributed by atoms with Crippen LogP contribution < -0.4 is 10.1 Å². The Morgan fingerprint density at radius 1 is 1.21 bits per heavy atom. The number of anilines is 1. The maximum absolute atomic E-state index is 13.6. The fourth-order valence-corrected chi connectivity index (χ4v) is 2.79. The molecule has 1 atom stereocenters. The Morgan fingerprint density at radius 2 is 2.00 bits per heavy atom. The van der Waals surface area contributed by atoms with Crippen LogP contribution in [0.4, 0.5) is 14.5 Å². The predicted molar refractivity (Wildman–Crippen MR) is 100 cm³/mol. The lowest BCUT2D eigenvalue weighted by molar-refractivity contribution is -0.113. The average Bonchev–Trinajstić information content (AvgIpc) is 3.14. The third-order valence-electron chi connectivity index (χ3n) is 3.69. The highest BCUT2D eigenvalue weighted by atomic mass is 32.2. The Kier molecular flexibility index (Phi) is 6.25. The van der Waals surface area contributed by atoms with E-state index in [2.05, 4.69) is 15.5 Å². The molecule has 0 spiro atoms. The van der Waals surface area contributed by atoms with Crippen LogP contribution in [0.5, 0.6) is 5.75 Å². The number of aromatic nitrogens is 2. The number of carbonyl (C=O) groups excluding carboxylic acids is 1. The molecule has 0 saturated heterocycles. The monoisotopic (exact) mass is 405 g/mol. The zero-order chi connectivity index (χ0) is 20.1. The molecule has 0 aliphatic carbocycles. The summed E-state index contributed by atoms with van der Waals surface area (Å²) in [6.45, 7) is 3.29. The fourth-order valence-electron chi connectivity index (χ4n) is 2.22. The van der Waals surface area contributed by atoms with Gasteiger partial charge in [-0.15, -0.1) is 10.2 Å². The summed E-state index contributed by atoms with van der Waals surface area (Å²) in [5, 5.41) is 10.5. The molecule has 6 nitrogen and oxygen atoms in total. The lowest BCUT2D eigenvalue weighted by Crippen LogP contribution is -2.14. The van der Waals surface area contributed by atoms with Crippen molar-refractivity contribution >= 4 is 23.4 Å². The number of para-hydroxylation sites is 1. The van der Waals surface area contributed by atoms with Crippen LogP contribution in [0.2, 0.25) is 0 Å². The maximum atomic E-state index is 13.6. The van der Waals surface area contributed by atoms with Crippen LogP contribution in [0.25, 0.3) is 0 Å². The van der Waals surface area contributed by atoms with E-state index < -0.39 is 17.7 Å². The fraction of sp³-hybridized carbons (Fsp3) is 0.211. The standard InChI is InChI=1S/C19H17F2N3O3S/c1-11-7-8-13(9-15(11)21)22-17(25)10-28-19-24-23-18(27-19)12(2)26-16-6-4-3-5-14(16)20/h3-9,12H,10H2,1-2H3,(H,22,25)/t12-/m0/s1. The Labute approximate surface area is 164 Å². The van der Waals surface area contributed by atoms with Crippen LogP contribution in [-0.4, -0.2) is 21.9 Å². The number of hydrogen-bond acceptors (Lipinski definition) is 6. The highest BCUT2D eigenvalue weighted by Crippen LogP contribution is 2.25. The quantitative estimate of drug-likeness (QED) is 0.582. The molecule has 2 aromatic carbocycles. The van der Waals surface area contributed by atoms with Gasteiger partial charge in [-0.2, -0.15) is 0 Å². The van der Waals surface area contributed by atoms with Gasteiger partial charge in [0.2, 0.25) is 5.91 Å². The van der Waals surface area contributed by atoms with Gasteiger partial charge >= 0.3 is 0 Å². The molecule has 1 N–H and O–H groups in total. The molecule has 0 bridgehead atoms. The first-order chi connectivity index (χ1) is 13.4. The van der Waals surface area contributed by atoms with E-state index in [-0.39, 0.29) is 28.5 Å². The molecule has 28 heavy (non-hydrogen) atoms. The van der Waals surface area contributed by atoms with Crippen LogP contribution in [0.1, 0.15) is 24.5 Å². The van der Waals surface area contributed by atoms with Gasteiger partial charge in [0, 0.05) is 5.69 Å². The van der Waals surface area contributed by atoms with Crippen LogP contribution in [0, 0.1) is 18.6 Å². The number of nitrogens with one attached hydrogen (secondary N) is 1. The molecule has 9 heteroatoms. The van der Waals surface area contributed by atoms with E-state index in [1.165, 1.54) is 18.2 Å². The van der Waals surface area contributed by atoms with Gasteiger partial charge in [0.25, 0.3) is 11.1 Å². The van der Waals surface area contributed by atoms with Crippen molar-refractivity contribution in [3.8, 4) is 5.75 Å². The van der Waals surface area contributed by atoms with Crippen molar-refractivity contribution in [3.05, 3.63) is 65.6 Å². The summed E-state index contributed by atoms with van der Waals surface area (Å²) in [5.74, 6) is -0.995. The number of halogens is 2. The summed E-state index contributed by atoms with van der Waals surface area (Å²) in [5.41, 5.74) is 0.865. The van der Waals surface area contributed by atoms with E-state index >= 15 is 0 Å². The minimum Gasteiger partial charge on any atom is -0.478 e. The maximum Gasteiger partial charge on any atom is 0.277 e. The zero-order valence-electron chi connectivity index (χ0n) is 15.1. The van der Waals surface area contributed by atoms with E-state index in [0.717, 1.165) is 11.8 Å². The molecular weight excluding hydrogens is 388 g/mol. The van der Waals surface area contributed by atoms with E-state index in [0.29, 0.717) is 11.3 Å². The number of nitrogens with zero attached hydrogens (tertiary/aromatic N) is 2. The molecule has 146 valence electrons. The zero-order valence-corrected chi connectivity index (χ0v) is 15.9. The largest absolute Gasteiger partial charge is 0.478 e. The first kappa shape index (κ1) is 19.8. The summed E-state index contributed by atoms with van der Waals surface area (Å²) >= 11 is 1.03. The van der Waals surface area contributed by atoms with Crippen molar-refractivity contribution in [2.24, 2.45) is 0 Å². The molecule has 0 radical (unpaired) electrons. The average molecular weight is 405 g/mol. The summed E-state index contributed by atoms with van der Waals surface area (Å²) in [7, 11) is 0. The third-order valence-corrected chi connectivity index (χ3v) is 4.51. The molecule has 0 saturated carbocycles.